The quantitative estimate of drug-likeness (QED) is 0.707. The lowest BCUT2D eigenvalue weighted by Gasteiger charge is -2.42. The molecule has 0 atom stereocenters. The second kappa shape index (κ2) is 7.78. The predicted molar refractivity (Wildman–Crippen MR) is 94.1 cm³/mol. The van der Waals surface area contributed by atoms with E-state index in [1.165, 1.54) is 0 Å². The van der Waals surface area contributed by atoms with E-state index in [9.17, 15) is 4.79 Å². The van der Waals surface area contributed by atoms with E-state index in [2.05, 4.69) is 59.0 Å². The van der Waals surface area contributed by atoms with Crippen LogP contribution in [0.25, 0.3) is 0 Å². The summed E-state index contributed by atoms with van der Waals surface area (Å²) < 4.78 is 0. The largest absolute Gasteiger partial charge is 0.352 e. The lowest BCUT2D eigenvalue weighted by Crippen LogP contribution is -2.48. The summed E-state index contributed by atoms with van der Waals surface area (Å²) in [5, 5.41) is 3.11. The molecule has 0 aliphatic rings. The number of hydrogen-bond acceptors (Lipinski definition) is 1. The fourth-order valence-electron chi connectivity index (χ4n) is 3.75. The van der Waals surface area contributed by atoms with Crippen LogP contribution in [-0.4, -0.2) is 14.0 Å². The topological polar surface area (TPSA) is 29.1 Å². The Hall–Kier alpha value is -1.09. The molecule has 0 spiro atoms. The average molecular weight is 306 g/mol. The minimum Gasteiger partial charge on any atom is -0.352 e. The van der Waals surface area contributed by atoms with Gasteiger partial charge in [-0.05, 0) is 5.56 Å². The number of rotatable bonds is 7. The van der Waals surface area contributed by atoms with Crippen molar-refractivity contribution in [3.05, 3.63) is 35.9 Å². The number of benzene rings is 1. The van der Waals surface area contributed by atoms with E-state index in [1.54, 1.807) is 0 Å². The Bertz CT molecular complexity index is 418. The SMILES string of the molecule is CC(C)[Si](CC(=O)NCc1ccccc1)(C(C)C)C(C)C. The first-order valence-electron chi connectivity index (χ1n) is 8.11. The van der Waals surface area contributed by atoms with Gasteiger partial charge in [-0.1, -0.05) is 88.5 Å². The zero-order valence-corrected chi connectivity index (χ0v) is 15.4. The van der Waals surface area contributed by atoms with Gasteiger partial charge in [-0.2, -0.15) is 0 Å². The average Bonchev–Trinajstić information content (AvgIpc) is 2.42. The zero-order valence-electron chi connectivity index (χ0n) is 14.4. The van der Waals surface area contributed by atoms with Gasteiger partial charge in [0.05, 0.1) is 8.07 Å². The molecule has 0 radical (unpaired) electrons. The third-order valence-electron chi connectivity index (χ3n) is 5.02. The summed E-state index contributed by atoms with van der Waals surface area (Å²) in [5.41, 5.74) is 3.04. The molecule has 21 heavy (non-hydrogen) atoms. The second-order valence-electron chi connectivity index (χ2n) is 7.02. The summed E-state index contributed by atoms with van der Waals surface area (Å²) in [4.78, 5) is 12.5. The van der Waals surface area contributed by atoms with Crippen molar-refractivity contribution in [3.8, 4) is 0 Å². The highest BCUT2D eigenvalue weighted by Gasteiger charge is 2.43. The van der Waals surface area contributed by atoms with Gasteiger partial charge in [0.25, 0.3) is 0 Å². The van der Waals surface area contributed by atoms with E-state index in [0.29, 0.717) is 23.2 Å². The molecule has 1 amide bonds. The van der Waals surface area contributed by atoms with Gasteiger partial charge in [0.15, 0.2) is 0 Å². The Labute approximate surface area is 131 Å². The summed E-state index contributed by atoms with van der Waals surface area (Å²) in [7, 11) is -1.64. The van der Waals surface area contributed by atoms with Gasteiger partial charge in [-0.3, -0.25) is 4.79 Å². The molecule has 0 aliphatic heterocycles. The molecule has 1 N–H and O–H groups in total. The van der Waals surface area contributed by atoms with Crippen molar-refractivity contribution in [2.45, 2.75) is 70.8 Å². The van der Waals surface area contributed by atoms with Crippen LogP contribution in [0, 0.1) is 0 Å². The highest BCUT2D eigenvalue weighted by molar-refractivity contribution is 6.85. The van der Waals surface area contributed by atoms with E-state index in [0.717, 1.165) is 11.6 Å². The molecule has 0 fully saturated rings. The molecule has 0 unspecified atom stereocenters. The molecule has 1 rings (SSSR count). The fourth-order valence-corrected chi connectivity index (χ4v) is 9.66. The molecule has 0 aromatic heterocycles. The van der Waals surface area contributed by atoms with Crippen molar-refractivity contribution >= 4 is 14.0 Å². The Morgan fingerprint density at radius 1 is 0.952 bits per heavy atom. The molecule has 0 heterocycles. The van der Waals surface area contributed by atoms with Crippen LogP contribution in [-0.2, 0) is 11.3 Å². The van der Waals surface area contributed by atoms with E-state index >= 15 is 0 Å². The zero-order chi connectivity index (χ0) is 16.0. The van der Waals surface area contributed by atoms with Crippen LogP contribution in [0.5, 0.6) is 0 Å². The first-order valence-corrected chi connectivity index (χ1v) is 10.5. The van der Waals surface area contributed by atoms with Crippen molar-refractivity contribution in [3.63, 3.8) is 0 Å². The molecule has 1 aromatic carbocycles. The van der Waals surface area contributed by atoms with Gasteiger partial charge in [-0.25, -0.2) is 0 Å². The first-order chi connectivity index (χ1) is 9.80. The standard InChI is InChI=1S/C18H31NOSi/c1-14(2)21(15(3)4,16(5)6)13-18(20)19-12-17-10-8-7-9-11-17/h7-11,14-16H,12-13H2,1-6H3,(H,19,20). The van der Waals surface area contributed by atoms with Gasteiger partial charge in [0.1, 0.15) is 0 Å². The maximum atomic E-state index is 12.5. The van der Waals surface area contributed by atoms with Crippen molar-refractivity contribution in [1.29, 1.82) is 0 Å². The maximum Gasteiger partial charge on any atom is 0.217 e. The van der Waals surface area contributed by atoms with Crippen molar-refractivity contribution in [2.24, 2.45) is 0 Å². The smallest absolute Gasteiger partial charge is 0.217 e. The van der Waals surface area contributed by atoms with E-state index in [1.807, 2.05) is 18.2 Å². The Kier molecular flexibility index (Phi) is 6.66. The second-order valence-corrected chi connectivity index (χ2v) is 13.1. The normalized spacial score (nSPS) is 12.2. The Morgan fingerprint density at radius 2 is 1.43 bits per heavy atom. The molecule has 0 saturated heterocycles. The molecule has 3 heteroatoms. The van der Waals surface area contributed by atoms with Crippen molar-refractivity contribution < 1.29 is 4.79 Å². The van der Waals surface area contributed by atoms with Crippen LogP contribution in [0.4, 0.5) is 0 Å². The minimum atomic E-state index is -1.64. The molecule has 2 nitrogen and oxygen atoms in total. The maximum absolute atomic E-state index is 12.5. The molecule has 118 valence electrons. The number of hydrogen-bond donors (Lipinski definition) is 1. The molecule has 1 aromatic rings. The van der Waals surface area contributed by atoms with E-state index in [-0.39, 0.29) is 5.91 Å². The van der Waals surface area contributed by atoms with Gasteiger partial charge in [0, 0.05) is 12.6 Å². The summed E-state index contributed by atoms with van der Waals surface area (Å²) in [6.45, 7) is 14.5. The molecule has 0 saturated carbocycles. The molecular weight excluding hydrogens is 274 g/mol. The van der Waals surface area contributed by atoms with Crippen LogP contribution in [0.1, 0.15) is 47.1 Å². The fraction of sp³-hybridized carbons (Fsp3) is 0.611. The summed E-state index contributed by atoms with van der Waals surface area (Å²) >= 11 is 0. The highest BCUT2D eigenvalue weighted by Crippen LogP contribution is 2.44. The summed E-state index contributed by atoms with van der Waals surface area (Å²) in [6, 6.07) is 10.9. The first kappa shape index (κ1) is 18.0. The number of carbonyl (C=O) groups excluding carboxylic acids is 1. The third kappa shape index (κ3) is 4.44. The Morgan fingerprint density at radius 3 is 1.86 bits per heavy atom. The number of carbonyl (C=O) groups is 1. The monoisotopic (exact) mass is 305 g/mol. The van der Waals surface area contributed by atoms with E-state index < -0.39 is 8.07 Å². The number of nitrogens with one attached hydrogen (secondary N) is 1. The molecule has 0 bridgehead atoms. The molecule has 0 aliphatic carbocycles. The Balaban J connectivity index is 2.73. The minimum absolute atomic E-state index is 0.224. The summed E-state index contributed by atoms with van der Waals surface area (Å²) in [5.74, 6) is 0.224. The molecular formula is C18H31NOSi. The van der Waals surface area contributed by atoms with Crippen LogP contribution in [0.15, 0.2) is 30.3 Å². The highest BCUT2D eigenvalue weighted by atomic mass is 28.3. The van der Waals surface area contributed by atoms with E-state index in [4.69, 9.17) is 0 Å². The van der Waals surface area contributed by atoms with Crippen LogP contribution in [0.3, 0.4) is 0 Å². The number of amides is 1. The lowest BCUT2D eigenvalue weighted by molar-refractivity contribution is -0.119. The summed E-state index contributed by atoms with van der Waals surface area (Å²) in [6.07, 6.45) is 0. The van der Waals surface area contributed by atoms with Crippen molar-refractivity contribution in [1.82, 2.24) is 5.32 Å². The van der Waals surface area contributed by atoms with Gasteiger partial charge < -0.3 is 5.32 Å². The van der Waals surface area contributed by atoms with Crippen LogP contribution < -0.4 is 5.32 Å². The van der Waals surface area contributed by atoms with Gasteiger partial charge in [-0.15, -0.1) is 0 Å². The van der Waals surface area contributed by atoms with Gasteiger partial charge in [0.2, 0.25) is 5.91 Å². The van der Waals surface area contributed by atoms with Crippen molar-refractivity contribution in [2.75, 3.05) is 0 Å². The predicted octanol–water partition coefficient (Wildman–Crippen LogP) is 4.98. The van der Waals surface area contributed by atoms with Gasteiger partial charge >= 0.3 is 0 Å². The van der Waals surface area contributed by atoms with Crippen LogP contribution in [0.2, 0.25) is 22.7 Å². The third-order valence-corrected chi connectivity index (χ3v) is 12.4. The van der Waals surface area contributed by atoms with Crippen LogP contribution >= 0.6 is 0 Å². The lowest BCUT2D eigenvalue weighted by atomic mass is 10.2.